The number of thioether (sulfide) groups is 1. The Bertz CT molecular complexity index is 1000. The summed E-state index contributed by atoms with van der Waals surface area (Å²) in [7, 11) is 1.68. The van der Waals surface area contributed by atoms with E-state index in [2.05, 4.69) is 33.4 Å². The minimum Gasteiger partial charge on any atom is -0.497 e. The number of aromatic nitrogens is 1. The number of methoxy groups -OCH3 is 1. The fourth-order valence-corrected chi connectivity index (χ4v) is 4.75. The van der Waals surface area contributed by atoms with E-state index >= 15 is 0 Å². The van der Waals surface area contributed by atoms with Crippen molar-refractivity contribution in [2.24, 2.45) is 0 Å². The van der Waals surface area contributed by atoms with Crippen molar-refractivity contribution in [1.82, 2.24) is 15.2 Å². The van der Waals surface area contributed by atoms with Crippen molar-refractivity contribution in [2.75, 3.05) is 32.5 Å². The van der Waals surface area contributed by atoms with Crippen LogP contribution in [0.25, 0.3) is 10.9 Å². The molecule has 1 saturated heterocycles. The first kappa shape index (κ1) is 21.7. The molecule has 0 radical (unpaired) electrons. The number of benzene rings is 2. The first-order valence-corrected chi connectivity index (χ1v) is 11.8. The molecule has 2 aromatic carbocycles. The number of rotatable bonds is 8. The Kier molecular flexibility index (Phi) is 7.43. The van der Waals surface area contributed by atoms with Crippen LogP contribution < -0.4 is 10.1 Å². The maximum Gasteiger partial charge on any atom is 0.230 e. The molecular formula is C25H29N3O2S. The van der Waals surface area contributed by atoms with Crippen LogP contribution in [-0.2, 0) is 4.79 Å². The number of nitrogens with one attached hydrogen (secondary N) is 1. The smallest absolute Gasteiger partial charge is 0.230 e. The van der Waals surface area contributed by atoms with E-state index < -0.39 is 0 Å². The zero-order chi connectivity index (χ0) is 21.5. The average Bonchev–Trinajstić information content (AvgIpc) is 2.84. The van der Waals surface area contributed by atoms with Gasteiger partial charge in [-0.05, 0) is 55.8 Å². The number of piperidine rings is 1. The van der Waals surface area contributed by atoms with Crippen molar-refractivity contribution in [1.29, 1.82) is 0 Å². The van der Waals surface area contributed by atoms with Crippen LogP contribution in [-0.4, -0.2) is 48.3 Å². The van der Waals surface area contributed by atoms with Gasteiger partial charge < -0.3 is 10.1 Å². The van der Waals surface area contributed by atoms with Gasteiger partial charge in [0, 0.05) is 11.9 Å². The Hall–Kier alpha value is -2.57. The molecule has 5 nitrogen and oxygen atoms in total. The third kappa shape index (κ3) is 5.77. The molecule has 0 bridgehead atoms. The second-order valence-electron chi connectivity index (χ2n) is 7.82. The number of nitrogens with zero attached hydrogens (tertiary/aromatic N) is 2. The highest BCUT2D eigenvalue weighted by atomic mass is 32.2. The number of carbonyl (C=O) groups is 1. The van der Waals surface area contributed by atoms with Gasteiger partial charge in [-0.15, -0.1) is 0 Å². The number of carbonyl (C=O) groups excluding carboxylic acids is 1. The summed E-state index contributed by atoms with van der Waals surface area (Å²) >= 11 is 1.48. The fraction of sp³-hybridized carbons (Fsp3) is 0.360. The molecule has 1 aliphatic rings. The summed E-state index contributed by atoms with van der Waals surface area (Å²) in [6, 6.07) is 20.5. The molecular weight excluding hydrogens is 406 g/mol. The van der Waals surface area contributed by atoms with Gasteiger partial charge in [0.25, 0.3) is 0 Å². The number of hydrogen-bond donors (Lipinski definition) is 1. The number of fused-ring (bicyclic) bond motifs is 1. The van der Waals surface area contributed by atoms with Crippen LogP contribution in [0.15, 0.2) is 65.7 Å². The lowest BCUT2D eigenvalue weighted by Crippen LogP contribution is -2.41. The van der Waals surface area contributed by atoms with Crippen LogP contribution in [0.1, 0.15) is 30.9 Å². The second kappa shape index (κ2) is 10.6. The molecule has 3 aromatic rings. The number of ether oxygens (including phenoxy) is 1. The topological polar surface area (TPSA) is 54.5 Å². The highest BCUT2D eigenvalue weighted by Crippen LogP contribution is 2.26. The molecule has 1 aliphatic heterocycles. The Morgan fingerprint density at radius 3 is 2.61 bits per heavy atom. The van der Waals surface area contributed by atoms with Gasteiger partial charge in [-0.25, -0.2) is 4.98 Å². The molecule has 31 heavy (non-hydrogen) atoms. The molecule has 1 aromatic heterocycles. The molecule has 1 amide bonds. The van der Waals surface area contributed by atoms with E-state index in [0.717, 1.165) is 34.8 Å². The van der Waals surface area contributed by atoms with Crippen molar-refractivity contribution < 1.29 is 9.53 Å². The zero-order valence-corrected chi connectivity index (χ0v) is 18.7. The molecule has 1 atom stereocenters. The van der Waals surface area contributed by atoms with E-state index in [1.807, 2.05) is 42.5 Å². The van der Waals surface area contributed by atoms with Crippen molar-refractivity contribution >= 4 is 28.6 Å². The van der Waals surface area contributed by atoms with Gasteiger partial charge in [0.1, 0.15) is 5.75 Å². The Balaban J connectivity index is 1.36. The normalized spacial score (nSPS) is 15.5. The Morgan fingerprint density at radius 1 is 1.06 bits per heavy atom. The fourth-order valence-electron chi connectivity index (χ4n) is 4.04. The van der Waals surface area contributed by atoms with Crippen molar-refractivity contribution in [3.05, 3.63) is 66.2 Å². The number of pyridine rings is 1. The van der Waals surface area contributed by atoms with E-state index in [4.69, 9.17) is 4.74 Å². The van der Waals surface area contributed by atoms with Crippen LogP contribution >= 0.6 is 11.8 Å². The van der Waals surface area contributed by atoms with E-state index in [1.165, 1.54) is 36.6 Å². The molecule has 4 rings (SSSR count). The summed E-state index contributed by atoms with van der Waals surface area (Å²) in [5.41, 5.74) is 2.17. The van der Waals surface area contributed by atoms with Crippen molar-refractivity contribution in [2.45, 2.75) is 30.3 Å². The molecule has 2 heterocycles. The summed E-state index contributed by atoms with van der Waals surface area (Å²) in [6.45, 7) is 2.75. The summed E-state index contributed by atoms with van der Waals surface area (Å²) in [4.78, 5) is 19.7. The van der Waals surface area contributed by atoms with Gasteiger partial charge in [0.2, 0.25) is 5.91 Å². The quantitative estimate of drug-likeness (QED) is 0.521. The standard InChI is InChI=1S/C25H29N3O2S/c1-30-21-12-9-20(10-13-21)23(28-15-5-2-6-16-28)17-26-24(29)18-31-25-14-11-19-7-3-4-8-22(19)27-25/h3-4,7-14,23H,2,5-6,15-18H2,1H3,(H,26,29). The maximum absolute atomic E-state index is 12.6. The van der Waals surface area contributed by atoms with E-state index in [1.54, 1.807) is 7.11 Å². The average molecular weight is 436 g/mol. The molecule has 0 aliphatic carbocycles. The van der Waals surface area contributed by atoms with Gasteiger partial charge >= 0.3 is 0 Å². The summed E-state index contributed by atoms with van der Waals surface area (Å²) in [5, 5.41) is 5.14. The Morgan fingerprint density at radius 2 is 1.84 bits per heavy atom. The Labute approximate surface area is 188 Å². The second-order valence-corrected chi connectivity index (χ2v) is 8.82. The lowest BCUT2D eigenvalue weighted by molar-refractivity contribution is -0.118. The van der Waals surface area contributed by atoms with Crippen molar-refractivity contribution in [3.63, 3.8) is 0 Å². The predicted molar refractivity (Wildman–Crippen MR) is 127 cm³/mol. The molecule has 162 valence electrons. The number of hydrogen-bond acceptors (Lipinski definition) is 5. The lowest BCUT2D eigenvalue weighted by atomic mass is 10.0. The van der Waals surface area contributed by atoms with Gasteiger partial charge in [0.15, 0.2) is 0 Å². The first-order chi connectivity index (χ1) is 15.2. The minimum atomic E-state index is 0.0375. The van der Waals surface area contributed by atoms with Gasteiger partial charge in [-0.2, -0.15) is 0 Å². The molecule has 1 fully saturated rings. The predicted octanol–water partition coefficient (Wildman–Crippen LogP) is 4.68. The van der Waals surface area contributed by atoms with Crippen LogP contribution in [0.2, 0.25) is 0 Å². The molecule has 0 spiro atoms. The van der Waals surface area contributed by atoms with Crippen LogP contribution in [0, 0.1) is 0 Å². The van der Waals surface area contributed by atoms with E-state index in [0.29, 0.717) is 12.3 Å². The SMILES string of the molecule is COc1ccc(C(CNC(=O)CSc2ccc3ccccc3n2)N2CCCCC2)cc1. The minimum absolute atomic E-state index is 0.0375. The number of likely N-dealkylation sites (tertiary alicyclic amines) is 1. The lowest BCUT2D eigenvalue weighted by Gasteiger charge is -2.35. The monoisotopic (exact) mass is 435 g/mol. The summed E-state index contributed by atoms with van der Waals surface area (Å²) in [5.74, 6) is 1.25. The number of amides is 1. The molecule has 0 saturated carbocycles. The highest BCUT2D eigenvalue weighted by molar-refractivity contribution is 7.99. The first-order valence-electron chi connectivity index (χ1n) is 10.9. The largest absolute Gasteiger partial charge is 0.497 e. The van der Waals surface area contributed by atoms with Gasteiger partial charge in [0.05, 0.1) is 29.4 Å². The van der Waals surface area contributed by atoms with E-state index in [-0.39, 0.29) is 11.9 Å². The van der Waals surface area contributed by atoms with Crippen LogP contribution in [0.3, 0.4) is 0 Å². The molecule has 1 unspecified atom stereocenters. The van der Waals surface area contributed by atoms with Crippen molar-refractivity contribution in [3.8, 4) is 5.75 Å². The third-order valence-electron chi connectivity index (χ3n) is 5.75. The molecule has 1 N–H and O–H groups in total. The number of para-hydroxylation sites is 1. The zero-order valence-electron chi connectivity index (χ0n) is 17.9. The van der Waals surface area contributed by atoms with Gasteiger partial charge in [-0.1, -0.05) is 54.6 Å². The van der Waals surface area contributed by atoms with Crippen LogP contribution in [0.5, 0.6) is 5.75 Å². The summed E-state index contributed by atoms with van der Waals surface area (Å²) < 4.78 is 5.30. The molecule has 6 heteroatoms. The van der Waals surface area contributed by atoms with E-state index in [9.17, 15) is 4.79 Å². The van der Waals surface area contributed by atoms with Crippen LogP contribution in [0.4, 0.5) is 0 Å². The highest BCUT2D eigenvalue weighted by Gasteiger charge is 2.23. The third-order valence-corrected chi connectivity index (χ3v) is 6.68. The van der Waals surface area contributed by atoms with Gasteiger partial charge in [-0.3, -0.25) is 9.69 Å². The maximum atomic E-state index is 12.6. The summed E-state index contributed by atoms with van der Waals surface area (Å²) in [6.07, 6.45) is 3.71.